The van der Waals surface area contributed by atoms with Gasteiger partial charge in [0, 0.05) is 35.7 Å². The highest BCUT2D eigenvalue weighted by atomic mass is 35.5. The van der Waals surface area contributed by atoms with Gasteiger partial charge in [0.2, 0.25) is 0 Å². The van der Waals surface area contributed by atoms with Crippen LogP contribution in [0.15, 0.2) is 54.6 Å². The second kappa shape index (κ2) is 11.5. The average Bonchev–Trinajstić information content (AvgIpc) is 3.17. The number of carbonyl (C=O) groups is 1. The first-order valence-corrected chi connectivity index (χ1v) is 12.6. The molecule has 41 heavy (non-hydrogen) atoms. The molecule has 0 N–H and O–H groups in total. The summed E-state index contributed by atoms with van der Waals surface area (Å²) >= 11 is 17.8. The van der Waals surface area contributed by atoms with Crippen molar-refractivity contribution in [3.05, 3.63) is 86.5 Å². The summed E-state index contributed by atoms with van der Waals surface area (Å²) in [5.74, 6) is -0.901. The number of ether oxygens (including phenoxy) is 2. The summed E-state index contributed by atoms with van der Waals surface area (Å²) in [5, 5.41) is 2.52. The van der Waals surface area contributed by atoms with Crippen molar-refractivity contribution in [3.8, 4) is 33.9 Å². The third kappa shape index (κ3) is 6.58. The van der Waals surface area contributed by atoms with Crippen LogP contribution in [0.3, 0.4) is 0 Å². The van der Waals surface area contributed by atoms with E-state index >= 15 is 0 Å². The molecule has 4 rings (SSSR count). The lowest BCUT2D eigenvalue weighted by atomic mass is 9.93. The van der Waals surface area contributed by atoms with E-state index in [-0.39, 0.29) is 40.3 Å². The molecule has 0 saturated heterocycles. The van der Waals surface area contributed by atoms with Crippen LogP contribution in [0.4, 0.5) is 26.3 Å². The summed E-state index contributed by atoms with van der Waals surface area (Å²) in [5.41, 5.74) is -2.95. The third-order valence-electron chi connectivity index (χ3n) is 5.77. The van der Waals surface area contributed by atoms with Gasteiger partial charge in [-0.05, 0) is 48.0 Å². The Balaban J connectivity index is 2.01. The molecule has 1 heterocycles. The third-order valence-corrected chi connectivity index (χ3v) is 6.71. The van der Waals surface area contributed by atoms with Crippen molar-refractivity contribution in [2.75, 3.05) is 0 Å². The fraction of sp³-hybridized carbons (Fsp3) is 0.185. The first-order chi connectivity index (χ1) is 19.1. The van der Waals surface area contributed by atoms with Crippen LogP contribution in [0, 0.1) is 0 Å². The number of hydrogen-bond donors (Lipinski definition) is 0. The largest absolute Gasteiger partial charge is 0.489 e. The molecule has 0 fully saturated rings. The van der Waals surface area contributed by atoms with Crippen LogP contribution in [0.25, 0.3) is 22.4 Å². The summed E-state index contributed by atoms with van der Waals surface area (Å²) in [6, 6.07) is 12.0. The van der Waals surface area contributed by atoms with Crippen molar-refractivity contribution in [1.82, 2.24) is 9.78 Å². The minimum Gasteiger partial charge on any atom is -0.489 e. The summed E-state index contributed by atoms with van der Waals surface area (Å²) in [4.78, 5) is 12.2. The van der Waals surface area contributed by atoms with Crippen LogP contribution in [0.5, 0.6) is 11.5 Å². The van der Waals surface area contributed by atoms with Crippen LogP contribution in [-0.2, 0) is 30.8 Å². The van der Waals surface area contributed by atoms with Crippen LogP contribution < -0.4 is 9.47 Å². The molecule has 0 spiro atoms. The Morgan fingerprint density at radius 1 is 0.927 bits per heavy atom. The van der Waals surface area contributed by atoms with Crippen molar-refractivity contribution < 1.29 is 40.6 Å². The molecule has 216 valence electrons. The number of alkyl halides is 6. The van der Waals surface area contributed by atoms with Crippen molar-refractivity contribution in [2.45, 2.75) is 25.9 Å². The number of halogens is 9. The molecule has 5 nitrogen and oxygen atoms in total. The Bertz CT molecular complexity index is 1620. The molecule has 0 aliphatic rings. The molecule has 0 radical (unpaired) electrons. The van der Waals surface area contributed by atoms with E-state index in [0.717, 1.165) is 23.7 Å². The summed E-state index contributed by atoms with van der Waals surface area (Å²) in [6.07, 6.45) is -9.76. The van der Waals surface area contributed by atoms with E-state index in [0.29, 0.717) is 10.8 Å². The maximum absolute atomic E-state index is 13.8. The maximum atomic E-state index is 13.8. The van der Waals surface area contributed by atoms with E-state index in [1.807, 2.05) is 0 Å². The van der Waals surface area contributed by atoms with Crippen LogP contribution >= 0.6 is 34.8 Å². The van der Waals surface area contributed by atoms with Gasteiger partial charge in [-0.2, -0.15) is 31.4 Å². The zero-order chi connectivity index (χ0) is 30.3. The zero-order valence-corrected chi connectivity index (χ0v) is 23.2. The first-order valence-electron chi connectivity index (χ1n) is 11.5. The number of rotatable bonds is 6. The maximum Gasteiger partial charge on any atom is 0.436 e. The van der Waals surface area contributed by atoms with Crippen molar-refractivity contribution in [2.24, 2.45) is 7.05 Å². The average molecular weight is 638 g/mol. The lowest BCUT2D eigenvalue weighted by Gasteiger charge is -2.20. The Hall–Kier alpha value is -3.41. The summed E-state index contributed by atoms with van der Waals surface area (Å²) in [6.45, 7) is 0.780. The van der Waals surface area contributed by atoms with E-state index in [2.05, 4.69) is 5.10 Å². The van der Waals surface area contributed by atoms with Gasteiger partial charge in [0.1, 0.15) is 18.1 Å². The number of esters is 1. The van der Waals surface area contributed by atoms with Gasteiger partial charge in [0.05, 0.1) is 21.3 Å². The second-order valence-corrected chi connectivity index (χ2v) is 9.86. The van der Waals surface area contributed by atoms with E-state index in [1.54, 1.807) is 24.3 Å². The first kappa shape index (κ1) is 30.5. The number of aromatic nitrogens is 2. The molecule has 0 aliphatic heterocycles. The number of nitrogens with zero attached hydrogens (tertiary/aromatic N) is 2. The molecule has 0 saturated carbocycles. The molecule has 0 bridgehead atoms. The van der Waals surface area contributed by atoms with Crippen molar-refractivity contribution >= 4 is 40.8 Å². The molecule has 0 atom stereocenters. The molecule has 0 amide bonds. The molecule has 3 aromatic carbocycles. The minimum atomic E-state index is -4.92. The lowest BCUT2D eigenvalue weighted by Crippen LogP contribution is -2.10. The SMILES string of the molecule is CC(=O)Oc1c(-c2c(Cl)c(C(F)(F)F)nn2C)ccc(COc2ccc(Cl)cc2)c1-c1ccc(Cl)c(C(F)(F)F)c1. The Kier molecular flexibility index (Phi) is 8.54. The monoisotopic (exact) mass is 636 g/mol. The van der Waals surface area contributed by atoms with Gasteiger partial charge in [-0.25, -0.2) is 0 Å². The van der Waals surface area contributed by atoms with Gasteiger partial charge in [-0.1, -0.05) is 46.9 Å². The van der Waals surface area contributed by atoms with Crippen LogP contribution in [-0.4, -0.2) is 15.7 Å². The van der Waals surface area contributed by atoms with E-state index in [9.17, 15) is 31.1 Å². The minimum absolute atomic E-state index is 0.0698. The number of hydrogen-bond acceptors (Lipinski definition) is 4. The number of carbonyl (C=O) groups excluding carboxylic acids is 1. The molecule has 0 aliphatic carbocycles. The Labute approximate surface area is 244 Å². The van der Waals surface area contributed by atoms with Gasteiger partial charge in [0.15, 0.2) is 5.69 Å². The predicted octanol–water partition coefficient (Wildman–Crippen LogP) is 9.26. The highest BCUT2D eigenvalue weighted by Crippen LogP contribution is 2.48. The normalized spacial score (nSPS) is 12.0. The smallest absolute Gasteiger partial charge is 0.436 e. The Morgan fingerprint density at radius 3 is 2.15 bits per heavy atom. The highest BCUT2D eigenvalue weighted by molar-refractivity contribution is 6.34. The fourth-order valence-electron chi connectivity index (χ4n) is 4.06. The van der Waals surface area contributed by atoms with E-state index in [1.165, 1.54) is 25.2 Å². The Morgan fingerprint density at radius 2 is 1.59 bits per heavy atom. The quantitative estimate of drug-likeness (QED) is 0.120. The van der Waals surface area contributed by atoms with Gasteiger partial charge < -0.3 is 9.47 Å². The molecule has 0 unspecified atom stereocenters. The number of benzene rings is 3. The van der Waals surface area contributed by atoms with Gasteiger partial charge in [-0.15, -0.1) is 0 Å². The summed E-state index contributed by atoms with van der Waals surface area (Å²) in [7, 11) is 1.19. The van der Waals surface area contributed by atoms with Gasteiger partial charge in [-0.3, -0.25) is 9.48 Å². The van der Waals surface area contributed by atoms with Gasteiger partial charge in [0.25, 0.3) is 0 Å². The fourth-order valence-corrected chi connectivity index (χ4v) is 4.78. The summed E-state index contributed by atoms with van der Waals surface area (Å²) < 4.78 is 94.1. The molecular weight excluding hydrogens is 621 g/mol. The number of aryl methyl sites for hydroxylation is 1. The van der Waals surface area contributed by atoms with Crippen molar-refractivity contribution in [3.63, 3.8) is 0 Å². The molecule has 4 aromatic rings. The molecule has 1 aromatic heterocycles. The van der Waals surface area contributed by atoms with E-state index < -0.39 is 39.6 Å². The predicted molar refractivity (Wildman–Crippen MR) is 141 cm³/mol. The van der Waals surface area contributed by atoms with Crippen molar-refractivity contribution in [1.29, 1.82) is 0 Å². The van der Waals surface area contributed by atoms with Crippen LogP contribution in [0.1, 0.15) is 23.7 Å². The topological polar surface area (TPSA) is 53.3 Å². The highest BCUT2D eigenvalue weighted by Gasteiger charge is 2.40. The lowest BCUT2D eigenvalue weighted by molar-refractivity contribution is -0.141. The van der Waals surface area contributed by atoms with Gasteiger partial charge >= 0.3 is 18.3 Å². The second-order valence-electron chi connectivity index (χ2n) is 8.64. The standard InChI is InChI=1S/C27H17Cl3F6N2O3/c1-13(39)41-24-18(23-22(30)25(27(34,35)36)37-38(23)2)9-3-15(12-40-17-7-5-16(28)6-8-17)21(24)14-4-10-20(29)19(11-14)26(31,32)33/h3-11H,12H2,1-2H3. The molecule has 14 heteroatoms. The van der Waals surface area contributed by atoms with E-state index in [4.69, 9.17) is 44.3 Å². The van der Waals surface area contributed by atoms with Crippen LogP contribution in [0.2, 0.25) is 15.1 Å². The zero-order valence-electron chi connectivity index (χ0n) is 20.9. The molecular formula is C27H17Cl3F6N2O3.